The molecule has 0 saturated carbocycles. The highest BCUT2D eigenvalue weighted by Gasteiger charge is 2.16. The minimum Gasteiger partial charge on any atom is -0.382 e. The summed E-state index contributed by atoms with van der Waals surface area (Å²) in [6.07, 6.45) is 5.11. The van der Waals surface area contributed by atoms with Gasteiger partial charge in [0, 0.05) is 30.4 Å². The van der Waals surface area contributed by atoms with Crippen molar-refractivity contribution in [2.24, 2.45) is 7.05 Å². The van der Waals surface area contributed by atoms with Gasteiger partial charge in [0.2, 0.25) is 0 Å². The number of nitrogens with zero attached hydrogens (tertiary/aromatic N) is 5. The van der Waals surface area contributed by atoms with Crippen LogP contribution in [0.5, 0.6) is 0 Å². The van der Waals surface area contributed by atoms with Crippen molar-refractivity contribution in [3.8, 4) is 22.6 Å². The lowest BCUT2D eigenvalue weighted by Crippen LogP contribution is -2.00. The number of anilines is 1. The molecule has 25 heavy (non-hydrogen) atoms. The second-order valence-corrected chi connectivity index (χ2v) is 6.26. The summed E-state index contributed by atoms with van der Waals surface area (Å²) in [5, 5.41) is 5.96. The Morgan fingerprint density at radius 3 is 2.72 bits per heavy atom. The number of pyridine rings is 1. The van der Waals surface area contributed by atoms with Gasteiger partial charge in [-0.3, -0.25) is 14.6 Å². The third kappa shape index (κ3) is 2.70. The maximum absolute atomic E-state index is 6.36. The van der Waals surface area contributed by atoms with Crippen molar-refractivity contribution in [2.75, 3.05) is 5.73 Å². The topological polar surface area (TPSA) is 82.5 Å². The highest BCUT2D eigenvalue weighted by Crippen LogP contribution is 2.33. The van der Waals surface area contributed by atoms with Crippen LogP contribution in [0.2, 0.25) is 5.02 Å². The average Bonchev–Trinajstić information content (AvgIpc) is 3.02. The highest BCUT2D eigenvalue weighted by molar-refractivity contribution is 6.35. The second kappa shape index (κ2) is 5.82. The third-order valence-electron chi connectivity index (χ3n) is 4.00. The number of aromatic nitrogens is 5. The molecule has 7 heteroatoms. The van der Waals surface area contributed by atoms with Crippen LogP contribution in [0.1, 0.15) is 5.56 Å². The van der Waals surface area contributed by atoms with E-state index in [0.717, 1.165) is 22.0 Å². The number of hydrogen-bond donors (Lipinski definition) is 1. The van der Waals surface area contributed by atoms with E-state index in [4.69, 9.17) is 17.3 Å². The van der Waals surface area contributed by atoms with Crippen molar-refractivity contribution < 1.29 is 0 Å². The Hall–Kier alpha value is -2.99. The number of rotatable bonds is 2. The zero-order valence-corrected chi connectivity index (χ0v) is 14.5. The maximum atomic E-state index is 6.36. The smallest absolute Gasteiger partial charge is 0.142 e. The fraction of sp³-hybridized carbons (Fsp3) is 0.111. The Labute approximate surface area is 149 Å². The van der Waals surface area contributed by atoms with Crippen LogP contribution in [-0.2, 0) is 7.05 Å². The molecule has 6 nitrogen and oxygen atoms in total. The lowest BCUT2D eigenvalue weighted by Gasteiger charge is -2.10. The summed E-state index contributed by atoms with van der Waals surface area (Å²) in [7, 11) is 1.86. The summed E-state index contributed by atoms with van der Waals surface area (Å²) in [5.41, 5.74) is 10.7. The van der Waals surface area contributed by atoms with Gasteiger partial charge in [-0.05, 0) is 36.8 Å². The summed E-state index contributed by atoms with van der Waals surface area (Å²) in [4.78, 5) is 13.4. The third-order valence-corrected chi connectivity index (χ3v) is 4.33. The lowest BCUT2D eigenvalue weighted by molar-refractivity contribution is 0.770. The van der Waals surface area contributed by atoms with Crippen molar-refractivity contribution in [3.05, 3.63) is 53.4 Å². The number of nitrogens with two attached hydrogens (primary N) is 1. The van der Waals surface area contributed by atoms with E-state index in [0.29, 0.717) is 27.9 Å². The standard InChI is InChI=1S/C18H15ClN6/c1-10-7-11(8-12-13(19)3-5-21-16(10)12)17-18(23-15(20)9-22-17)14-4-6-25(2)24-14/h3-9H,1-2H3,(H2,20,23). The number of hydrogen-bond acceptors (Lipinski definition) is 5. The highest BCUT2D eigenvalue weighted by atomic mass is 35.5. The van der Waals surface area contributed by atoms with E-state index in [9.17, 15) is 0 Å². The van der Waals surface area contributed by atoms with Crippen molar-refractivity contribution >= 4 is 28.3 Å². The zero-order chi connectivity index (χ0) is 17.6. The largest absolute Gasteiger partial charge is 0.382 e. The number of halogens is 1. The second-order valence-electron chi connectivity index (χ2n) is 5.85. The quantitative estimate of drug-likeness (QED) is 0.596. The van der Waals surface area contributed by atoms with Crippen LogP contribution < -0.4 is 5.73 Å². The summed E-state index contributed by atoms with van der Waals surface area (Å²) in [6.45, 7) is 2.00. The Kier molecular flexibility index (Phi) is 3.62. The fourth-order valence-corrected chi connectivity index (χ4v) is 3.07. The average molecular weight is 351 g/mol. The van der Waals surface area contributed by atoms with Gasteiger partial charge in [-0.2, -0.15) is 5.10 Å². The van der Waals surface area contributed by atoms with Crippen LogP contribution in [0.15, 0.2) is 42.9 Å². The molecule has 0 atom stereocenters. The maximum Gasteiger partial charge on any atom is 0.142 e. The molecule has 124 valence electrons. The molecule has 0 saturated heterocycles. The zero-order valence-electron chi connectivity index (χ0n) is 13.7. The minimum atomic E-state index is 0.349. The normalized spacial score (nSPS) is 11.2. The Balaban J connectivity index is 1.99. The van der Waals surface area contributed by atoms with Gasteiger partial charge >= 0.3 is 0 Å². The molecule has 1 aromatic carbocycles. The number of nitrogen functional groups attached to an aromatic ring is 1. The van der Waals surface area contributed by atoms with Gasteiger partial charge in [0.05, 0.1) is 22.4 Å². The first-order valence-corrected chi connectivity index (χ1v) is 8.08. The molecule has 0 bridgehead atoms. The first-order chi connectivity index (χ1) is 12.0. The van der Waals surface area contributed by atoms with E-state index < -0.39 is 0 Å². The van der Waals surface area contributed by atoms with Gasteiger partial charge in [0.15, 0.2) is 0 Å². The van der Waals surface area contributed by atoms with E-state index in [1.807, 2.05) is 38.4 Å². The molecule has 0 unspecified atom stereocenters. The van der Waals surface area contributed by atoms with Crippen LogP contribution in [0.25, 0.3) is 33.5 Å². The van der Waals surface area contributed by atoms with Gasteiger partial charge in [0.25, 0.3) is 0 Å². The van der Waals surface area contributed by atoms with E-state index in [2.05, 4.69) is 20.1 Å². The molecule has 0 amide bonds. The molecule has 4 aromatic rings. The Bertz CT molecular complexity index is 1100. The number of fused-ring (bicyclic) bond motifs is 1. The minimum absolute atomic E-state index is 0.349. The van der Waals surface area contributed by atoms with Crippen LogP contribution >= 0.6 is 11.6 Å². The van der Waals surface area contributed by atoms with Crippen molar-refractivity contribution in [3.63, 3.8) is 0 Å². The predicted molar refractivity (Wildman–Crippen MR) is 99.1 cm³/mol. The lowest BCUT2D eigenvalue weighted by atomic mass is 10.0. The van der Waals surface area contributed by atoms with E-state index in [1.54, 1.807) is 23.1 Å². The molecule has 0 aliphatic heterocycles. The molecule has 0 radical (unpaired) electrons. The molecule has 2 N–H and O–H groups in total. The van der Waals surface area contributed by atoms with E-state index in [-0.39, 0.29) is 0 Å². The molecular weight excluding hydrogens is 336 g/mol. The number of aryl methyl sites for hydroxylation is 2. The van der Waals surface area contributed by atoms with Crippen LogP contribution in [0.4, 0.5) is 5.82 Å². The SMILES string of the molecule is Cc1cc(-c2ncc(N)nc2-c2ccn(C)n2)cc2c(Cl)ccnc12. The molecular formula is C18H15ClN6. The Morgan fingerprint density at radius 1 is 1.12 bits per heavy atom. The molecule has 0 aliphatic rings. The fourth-order valence-electron chi connectivity index (χ4n) is 2.87. The predicted octanol–water partition coefficient (Wildman–Crippen LogP) is 3.64. The summed E-state index contributed by atoms with van der Waals surface area (Å²) in [5.74, 6) is 0.349. The van der Waals surface area contributed by atoms with Gasteiger partial charge in [-0.15, -0.1) is 0 Å². The molecule has 0 spiro atoms. The van der Waals surface area contributed by atoms with Gasteiger partial charge in [-0.25, -0.2) is 4.98 Å². The van der Waals surface area contributed by atoms with E-state index >= 15 is 0 Å². The number of benzene rings is 1. The van der Waals surface area contributed by atoms with Crippen molar-refractivity contribution in [2.45, 2.75) is 6.92 Å². The van der Waals surface area contributed by atoms with Crippen LogP contribution in [0.3, 0.4) is 0 Å². The molecule has 0 aliphatic carbocycles. The monoisotopic (exact) mass is 350 g/mol. The van der Waals surface area contributed by atoms with Crippen LogP contribution in [-0.4, -0.2) is 24.7 Å². The molecule has 3 aromatic heterocycles. The van der Waals surface area contributed by atoms with Gasteiger partial charge in [0.1, 0.15) is 17.2 Å². The first-order valence-electron chi connectivity index (χ1n) is 7.70. The van der Waals surface area contributed by atoms with E-state index in [1.165, 1.54) is 0 Å². The Morgan fingerprint density at radius 2 is 1.96 bits per heavy atom. The van der Waals surface area contributed by atoms with Gasteiger partial charge in [-0.1, -0.05) is 11.6 Å². The first kappa shape index (κ1) is 15.5. The molecule has 3 heterocycles. The van der Waals surface area contributed by atoms with Crippen molar-refractivity contribution in [1.82, 2.24) is 24.7 Å². The van der Waals surface area contributed by atoms with Gasteiger partial charge < -0.3 is 5.73 Å². The summed E-state index contributed by atoms with van der Waals surface area (Å²) in [6, 6.07) is 7.67. The van der Waals surface area contributed by atoms with Crippen molar-refractivity contribution in [1.29, 1.82) is 0 Å². The molecule has 0 fully saturated rings. The van der Waals surface area contributed by atoms with Crippen LogP contribution in [0, 0.1) is 6.92 Å². The molecule has 4 rings (SSSR count). The summed E-state index contributed by atoms with van der Waals surface area (Å²) < 4.78 is 1.72. The summed E-state index contributed by atoms with van der Waals surface area (Å²) >= 11 is 6.36.